The lowest BCUT2D eigenvalue weighted by atomic mass is 10.2. The van der Waals surface area contributed by atoms with Gasteiger partial charge in [0, 0.05) is 33.7 Å². The van der Waals surface area contributed by atoms with Gasteiger partial charge in [-0.05, 0) is 17.7 Å². The van der Waals surface area contributed by atoms with Crippen molar-refractivity contribution in [3.8, 4) is 0 Å². The van der Waals surface area contributed by atoms with Crippen molar-refractivity contribution in [3.63, 3.8) is 0 Å². The van der Waals surface area contributed by atoms with Crippen LogP contribution < -0.4 is 5.32 Å². The second kappa shape index (κ2) is 5.77. The van der Waals surface area contributed by atoms with Crippen molar-refractivity contribution < 1.29 is 0 Å². The van der Waals surface area contributed by atoms with Gasteiger partial charge in [0.05, 0.1) is 5.51 Å². The van der Waals surface area contributed by atoms with Crippen LogP contribution in [0.3, 0.4) is 0 Å². The number of nitrogens with zero attached hydrogens (tertiary/aromatic N) is 1. The molecule has 0 aliphatic carbocycles. The second-order valence-corrected chi connectivity index (χ2v) is 5.60. The van der Waals surface area contributed by atoms with Gasteiger partial charge in [0.2, 0.25) is 0 Å². The van der Waals surface area contributed by atoms with E-state index in [9.17, 15) is 0 Å². The van der Waals surface area contributed by atoms with Crippen LogP contribution in [-0.4, -0.2) is 4.98 Å². The van der Waals surface area contributed by atoms with E-state index in [4.69, 9.17) is 11.6 Å². The van der Waals surface area contributed by atoms with E-state index >= 15 is 0 Å². The van der Waals surface area contributed by atoms with Gasteiger partial charge >= 0.3 is 0 Å². The van der Waals surface area contributed by atoms with Gasteiger partial charge in [0.15, 0.2) is 0 Å². The van der Waals surface area contributed by atoms with E-state index < -0.39 is 0 Å². The lowest BCUT2D eigenvalue weighted by Crippen LogP contribution is -2.12. The van der Waals surface area contributed by atoms with Gasteiger partial charge in [0.25, 0.3) is 0 Å². The molecule has 0 atom stereocenters. The quantitative estimate of drug-likeness (QED) is 0.926. The van der Waals surface area contributed by atoms with Gasteiger partial charge < -0.3 is 5.32 Å². The molecule has 2 nitrogen and oxygen atoms in total. The van der Waals surface area contributed by atoms with Crippen LogP contribution >= 0.6 is 38.9 Å². The van der Waals surface area contributed by atoms with Crippen LogP contribution in [0.4, 0.5) is 0 Å². The number of aromatic nitrogens is 1. The summed E-state index contributed by atoms with van der Waals surface area (Å²) in [5.74, 6) is 0. The minimum atomic E-state index is 0.768. The molecular weight excluding hydrogens is 308 g/mol. The molecule has 2 aromatic rings. The molecule has 2 rings (SSSR count). The van der Waals surface area contributed by atoms with Crippen LogP contribution in [-0.2, 0) is 13.1 Å². The number of thiazole rings is 1. The zero-order chi connectivity index (χ0) is 11.4. The van der Waals surface area contributed by atoms with E-state index in [-0.39, 0.29) is 0 Å². The molecular formula is C11H10BrClN2S. The molecule has 16 heavy (non-hydrogen) atoms. The molecule has 5 heteroatoms. The molecule has 0 saturated heterocycles. The first kappa shape index (κ1) is 12.0. The normalized spacial score (nSPS) is 10.6. The predicted molar refractivity (Wildman–Crippen MR) is 71.8 cm³/mol. The third-order valence-electron chi connectivity index (χ3n) is 2.11. The molecule has 1 aromatic heterocycles. The Morgan fingerprint density at radius 1 is 1.38 bits per heavy atom. The topological polar surface area (TPSA) is 24.9 Å². The van der Waals surface area contributed by atoms with E-state index in [1.165, 1.54) is 4.88 Å². The fourth-order valence-electron chi connectivity index (χ4n) is 1.31. The summed E-state index contributed by atoms with van der Waals surface area (Å²) in [5.41, 5.74) is 2.94. The first-order valence-corrected chi connectivity index (χ1v) is 6.83. The number of hydrogen-bond acceptors (Lipinski definition) is 3. The average Bonchev–Trinajstić information content (AvgIpc) is 2.74. The van der Waals surface area contributed by atoms with Crippen molar-refractivity contribution in [1.29, 1.82) is 0 Å². The Morgan fingerprint density at radius 2 is 2.25 bits per heavy atom. The maximum atomic E-state index is 6.11. The van der Waals surface area contributed by atoms with Crippen molar-refractivity contribution >= 4 is 38.9 Å². The van der Waals surface area contributed by atoms with Crippen LogP contribution in [0.1, 0.15) is 10.4 Å². The van der Waals surface area contributed by atoms with E-state index in [2.05, 4.69) is 26.2 Å². The minimum Gasteiger partial charge on any atom is -0.308 e. The minimum absolute atomic E-state index is 0.768. The Balaban J connectivity index is 1.90. The van der Waals surface area contributed by atoms with Crippen molar-refractivity contribution in [2.75, 3.05) is 0 Å². The Bertz CT molecular complexity index is 459. The van der Waals surface area contributed by atoms with Crippen LogP contribution in [0.5, 0.6) is 0 Å². The van der Waals surface area contributed by atoms with Crippen LogP contribution in [0.15, 0.2) is 34.4 Å². The van der Waals surface area contributed by atoms with Crippen LogP contribution in [0, 0.1) is 0 Å². The molecule has 1 N–H and O–H groups in total. The van der Waals surface area contributed by atoms with E-state index in [0.29, 0.717) is 0 Å². The molecule has 0 bridgehead atoms. The van der Waals surface area contributed by atoms with E-state index in [1.807, 2.05) is 29.9 Å². The number of nitrogens with one attached hydrogen (secondary N) is 1. The largest absolute Gasteiger partial charge is 0.308 e. The van der Waals surface area contributed by atoms with Gasteiger partial charge in [-0.25, -0.2) is 0 Å². The highest BCUT2D eigenvalue weighted by Crippen LogP contribution is 2.21. The van der Waals surface area contributed by atoms with E-state index in [1.54, 1.807) is 11.3 Å². The smallest absolute Gasteiger partial charge is 0.0794 e. The van der Waals surface area contributed by atoms with Gasteiger partial charge in [-0.2, -0.15) is 0 Å². The molecule has 0 unspecified atom stereocenters. The summed E-state index contributed by atoms with van der Waals surface area (Å²) in [5, 5.41) is 4.12. The fraction of sp³-hybridized carbons (Fsp3) is 0.182. The summed E-state index contributed by atoms with van der Waals surface area (Å²) in [6.07, 6.45) is 1.88. The fourth-order valence-corrected chi connectivity index (χ4v) is 2.62. The highest BCUT2D eigenvalue weighted by Gasteiger charge is 2.01. The summed E-state index contributed by atoms with van der Waals surface area (Å²) in [6, 6.07) is 5.92. The number of rotatable bonds is 4. The summed E-state index contributed by atoms with van der Waals surface area (Å²) in [6.45, 7) is 1.60. The van der Waals surface area contributed by atoms with Gasteiger partial charge in [-0.15, -0.1) is 11.3 Å². The molecule has 0 radical (unpaired) electrons. The van der Waals surface area contributed by atoms with Crippen molar-refractivity contribution in [1.82, 2.24) is 10.3 Å². The molecule has 1 aromatic carbocycles. The molecule has 0 saturated carbocycles. The maximum Gasteiger partial charge on any atom is 0.0794 e. The summed E-state index contributed by atoms with van der Waals surface area (Å²) < 4.78 is 1.00. The Kier molecular flexibility index (Phi) is 4.35. The lowest BCUT2D eigenvalue weighted by Gasteiger charge is -2.05. The monoisotopic (exact) mass is 316 g/mol. The lowest BCUT2D eigenvalue weighted by molar-refractivity contribution is 0.700. The highest BCUT2D eigenvalue weighted by molar-refractivity contribution is 9.10. The Hall–Kier alpha value is -0.420. The summed E-state index contributed by atoms with van der Waals surface area (Å²) in [4.78, 5) is 5.25. The zero-order valence-corrected chi connectivity index (χ0v) is 11.6. The molecule has 84 valence electrons. The molecule has 0 aliphatic heterocycles. The van der Waals surface area contributed by atoms with E-state index in [0.717, 1.165) is 28.1 Å². The van der Waals surface area contributed by atoms with Crippen LogP contribution in [0.2, 0.25) is 5.02 Å². The maximum absolute atomic E-state index is 6.11. The molecule has 0 amide bonds. The SMILES string of the molecule is Clc1cc(Br)ccc1CNCc1cncs1. The summed E-state index contributed by atoms with van der Waals surface area (Å²) in [7, 11) is 0. The second-order valence-electron chi connectivity index (χ2n) is 3.31. The Labute approximate surface area is 112 Å². The standard InChI is InChI=1S/C11H10BrClN2S/c12-9-2-1-8(11(13)3-9)4-14-5-10-6-15-7-16-10/h1-3,6-7,14H,4-5H2. The summed E-state index contributed by atoms with van der Waals surface area (Å²) >= 11 is 11.1. The van der Waals surface area contributed by atoms with Gasteiger partial charge in [-0.3, -0.25) is 4.98 Å². The number of halogens is 2. The van der Waals surface area contributed by atoms with Crippen molar-refractivity contribution in [2.24, 2.45) is 0 Å². The number of benzene rings is 1. The highest BCUT2D eigenvalue weighted by atomic mass is 79.9. The third kappa shape index (κ3) is 3.28. The van der Waals surface area contributed by atoms with Gasteiger partial charge in [-0.1, -0.05) is 33.6 Å². The van der Waals surface area contributed by atoms with Gasteiger partial charge in [0.1, 0.15) is 0 Å². The molecule has 1 heterocycles. The third-order valence-corrected chi connectivity index (χ3v) is 3.74. The molecule has 0 fully saturated rings. The molecule has 0 aliphatic rings. The first-order valence-electron chi connectivity index (χ1n) is 4.78. The van der Waals surface area contributed by atoms with Crippen LogP contribution in [0.25, 0.3) is 0 Å². The number of hydrogen-bond donors (Lipinski definition) is 1. The van der Waals surface area contributed by atoms with Crippen molar-refractivity contribution in [3.05, 3.63) is 49.8 Å². The zero-order valence-electron chi connectivity index (χ0n) is 8.41. The predicted octanol–water partition coefficient (Wildman–Crippen LogP) is 3.85. The Morgan fingerprint density at radius 3 is 2.94 bits per heavy atom. The molecule has 0 spiro atoms. The van der Waals surface area contributed by atoms with Crippen molar-refractivity contribution in [2.45, 2.75) is 13.1 Å². The average molecular weight is 318 g/mol. The first-order chi connectivity index (χ1) is 7.75.